The quantitative estimate of drug-likeness (QED) is 0.631. The van der Waals surface area contributed by atoms with E-state index in [9.17, 15) is 4.79 Å². The van der Waals surface area contributed by atoms with Gasteiger partial charge in [-0.05, 0) is 36.2 Å². The summed E-state index contributed by atoms with van der Waals surface area (Å²) in [7, 11) is 1.56. The van der Waals surface area contributed by atoms with Gasteiger partial charge >= 0.3 is 0 Å². The Bertz CT molecular complexity index is 309. The number of carbonyl (C=O) groups excluding carboxylic acids is 2. The summed E-state index contributed by atoms with van der Waals surface area (Å²) in [6.45, 7) is 12.6. The van der Waals surface area contributed by atoms with Gasteiger partial charge in [0.15, 0.2) is 0 Å². The summed E-state index contributed by atoms with van der Waals surface area (Å²) < 4.78 is 0. The van der Waals surface area contributed by atoms with Crippen LogP contribution in [0.2, 0.25) is 0 Å². The number of thioether (sulfide) groups is 1. The summed E-state index contributed by atoms with van der Waals surface area (Å²) >= 11 is 1.74. The van der Waals surface area contributed by atoms with Crippen LogP contribution in [0.25, 0.3) is 0 Å². The van der Waals surface area contributed by atoms with Gasteiger partial charge in [0.2, 0.25) is 6.41 Å². The van der Waals surface area contributed by atoms with Crippen LogP contribution in [-0.2, 0) is 9.59 Å². The number of rotatable bonds is 4. The van der Waals surface area contributed by atoms with Crippen molar-refractivity contribution in [3.8, 4) is 0 Å². The van der Waals surface area contributed by atoms with Gasteiger partial charge in [-0.1, -0.05) is 39.8 Å². The minimum Gasteiger partial charge on any atom is -0.362 e. The Labute approximate surface area is 128 Å². The highest BCUT2D eigenvalue weighted by molar-refractivity contribution is 8.03. The Morgan fingerprint density at radius 1 is 1.50 bits per heavy atom. The molecule has 0 spiro atoms. The zero-order valence-electron chi connectivity index (χ0n) is 13.4. The van der Waals surface area contributed by atoms with Gasteiger partial charge < -0.3 is 5.32 Å². The van der Waals surface area contributed by atoms with Gasteiger partial charge in [-0.15, -0.1) is 11.8 Å². The standard InChI is InChI=1S/C10H14OS.C4H10.C2H5NO/c1-3-8(2)10-5-4-9(6-11)7-12-10;1-4(2)3;1-3-2-4/h6-7,10H,2-5H2,1H3;4H,1-3H3;2H,1H3,(H,3,4). The summed E-state index contributed by atoms with van der Waals surface area (Å²) in [5.41, 5.74) is 2.22. The fraction of sp³-hybridized carbons (Fsp3) is 0.625. The van der Waals surface area contributed by atoms with Crippen LogP contribution >= 0.6 is 11.8 Å². The number of carbonyl (C=O) groups is 2. The van der Waals surface area contributed by atoms with Crippen molar-refractivity contribution in [2.75, 3.05) is 7.05 Å². The van der Waals surface area contributed by atoms with Gasteiger partial charge in [-0.25, -0.2) is 0 Å². The molecule has 1 atom stereocenters. The van der Waals surface area contributed by atoms with Crippen molar-refractivity contribution in [2.45, 2.75) is 52.2 Å². The lowest BCUT2D eigenvalue weighted by atomic mass is 10.0. The van der Waals surface area contributed by atoms with E-state index in [0.29, 0.717) is 11.7 Å². The highest BCUT2D eigenvalue weighted by Crippen LogP contribution is 2.32. The molecule has 1 amide bonds. The van der Waals surface area contributed by atoms with Crippen molar-refractivity contribution in [1.29, 1.82) is 0 Å². The van der Waals surface area contributed by atoms with Gasteiger partial charge in [0, 0.05) is 12.3 Å². The molecule has 1 aliphatic rings. The maximum atomic E-state index is 10.4. The van der Waals surface area contributed by atoms with Crippen molar-refractivity contribution in [2.24, 2.45) is 5.92 Å². The molecular weight excluding hydrogens is 270 g/mol. The molecule has 0 aromatic carbocycles. The predicted molar refractivity (Wildman–Crippen MR) is 89.8 cm³/mol. The molecule has 1 unspecified atom stereocenters. The molecule has 20 heavy (non-hydrogen) atoms. The van der Waals surface area contributed by atoms with Crippen LogP contribution in [-0.4, -0.2) is 25.0 Å². The zero-order chi connectivity index (χ0) is 16.0. The van der Waals surface area contributed by atoms with Gasteiger partial charge in [0.05, 0.1) is 0 Å². The smallest absolute Gasteiger partial charge is 0.206 e. The van der Waals surface area contributed by atoms with E-state index in [0.717, 1.165) is 37.0 Å². The van der Waals surface area contributed by atoms with Crippen molar-refractivity contribution in [3.05, 3.63) is 23.1 Å². The summed E-state index contributed by atoms with van der Waals surface area (Å²) in [4.78, 5) is 19.5. The molecule has 0 saturated heterocycles. The molecule has 0 bridgehead atoms. The topological polar surface area (TPSA) is 46.2 Å². The fourth-order valence-electron chi connectivity index (χ4n) is 1.21. The first kappa shape index (κ1) is 21.3. The third kappa shape index (κ3) is 13.4. The van der Waals surface area contributed by atoms with Gasteiger partial charge in [0.25, 0.3) is 0 Å². The first-order valence-electron chi connectivity index (χ1n) is 7.01. The third-order valence-corrected chi connectivity index (χ3v) is 3.59. The molecule has 0 fully saturated rings. The maximum absolute atomic E-state index is 10.4. The van der Waals surface area contributed by atoms with E-state index in [2.05, 4.69) is 39.6 Å². The lowest BCUT2D eigenvalue weighted by Gasteiger charge is -2.20. The van der Waals surface area contributed by atoms with E-state index < -0.39 is 0 Å². The average molecular weight is 299 g/mol. The molecule has 0 aromatic heterocycles. The average Bonchev–Trinajstić information content (AvgIpc) is 2.46. The first-order valence-corrected chi connectivity index (χ1v) is 7.95. The largest absolute Gasteiger partial charge is 0.362 e. The Hall–Kier alpha value is -1.03. The minimum atomic E-state index is 0.540. The second-order valence-electron chi connectivity index (χ2n) is 5.12. The van der Waals surface area contributed by atoms with Crippen molar-refractivity contribution in [1.82, 2.24) is 5.32 Å². The van der Waals surface area contributed by atoms with Crippen LogP contribution in [0.4, 0.5) is 0 Å². The normalized spacial score (nSPS) is 16.7. The summed E-state index contributed by atoms with van der Waals surface area (Å²) in [5, 5.41) is 4.76. The van der Waals surface area contributed by atoms with E-state index in [1.807, 2.05) is 5.41 Å². The lowest BCUT2D eigenvalue weighted by Crippen LogP contribution is -2.09. The highest BCUT2D eigenvalue weighted by Gasteiger charge is 2.15. The minimum absolute atomic E-state index is 0.540. The number of hydrogen-bond acceptors (Lipinski definition) is 3. The van der Waals surface area contributed by atoms with Crippen LogP contribution in [0.15, 0.2) is 23.1 Å². The molecule has 1 N–H and O–H groups in total. The summed E-state index contributed by atoms with van der Waals surface area (Å²) in [6, 6.07) is 0. The molecule has 1 heterocycles. The number of amides is 1. The number of allylic oxidation sites excluding steroid dienone is 1. The Kier molecular flexibility index (Phi) is 15.3. The first-order chi connectivity index (χ1) is 9.42. The monoisotopic (exact) mass is 299 g/mol. The van der Waals surface area contributed by atoms with Crippen LogP contribution < -0.4 is 5.32 Å². The molecule has 0 radical (unpaired) electrons. The second-order valence-corrected chi connectivity index (χ2v) is 6.20. The molecular formula is C16H29NO2S. The van der Waals surface area contributed by atoms with Crippen LogP contribution in [0, 0.1) is 5.92 Å². The molecule has 1 aliphatic heterocycles. The van der Waals surface area contributed by atoms with E-state index in [1.54, 1.807) is 18.8 Å². The van der Waals surface area contributed by atoms with E-state index in [-0.39, 0.29) is 0 Å². The number of nitrogens with one attached hydrogen (secondary N) is 1. The van der Waals surface area contributed by atoms with Gasteiger partial charge in [-0.3, -0.25) is 9.59 Å². The van der Waals surface area contributed by atoms with Crippen LogP contribution in [0.5, 0.6) is 0 Å². The molecule has 3 nitrogen and oxygen atoms in total. The Morgan fingerprint density at radius 2 is 2.00 bits per heavy atom. The van der Waals surface area contributed by atoms with Gasteiger partial charge in [0.1, 0.15) is 6.29 Å². The molecule has 1 rings (SSSR count). The zero-order valence-corrected chi connectivity index (χ0v) is 14.3. The Morgan fingerprint density at radius 3 is 2.25 bits per heavy atom. The highest BCUT2D eigenvalue weighted by atomic mass is 32.2. The van der Waals surface area contributed by atoms with Crippen LogP contribution in [0.3, 0.4) is 0 Å². The van der Waals surface area contributed by atoms with E-state index in [4.69, 9.17) is 4.79 Å². The summed E-state index contributed by atoms with van der Waals surface area (Å²) in [5.74, 6) is 0.833. The predicted octanol–water partition coefficient (Wildman–Crippen LogP) is 3.96. The lowest BCUT2D eigenvalue weighted by molar-refractivity contribution is -0.109. The second kappa shape index (κ2) is 14.4. The van der Waals surface area contributed by atoms with E-state index >= 15 is 0 Å². The molecule has 0 aliphatic carbocycles. The molecule has 0 aromatic rings. The fourth-order valence-corrected chi connectivity index (χ4v) is 2.33. The van der Waals surface area contributed by atoms with Crippen molar-refractivity contribution < 1.29 is 9.59 Å². The molecule has 0 saturated carbocycles. The van der Waals surface area contributed by atoms with Crippen molar-refractivity contribution in [3.63, 3.8) is 0 Å². The molecule has 4 heteroatoms. The number of hydrogen-bond donors (Lipinski definition) is 1. The van der Waals surface area contributed by atoms with E-state index in [1.165, 1.54) is 5.57 Å². The maximum Gasteiger partial charge on any atom is 0.206 e. The Balaban J connectivity index is 0. The SMILES string of the molecule is C=C(CC)C1CCC(C=O)=CS1.CC(C)C.CNC=O. The van der Waals surface area contributed by atoms with Crippen molar-refractivity contribution >= 4 is 24.5 Å². The van der Waals surface area contributed by atoms with Crippen LogP contribution in [0.1, 0.15) is 47.0 Å². The third-order valence-electron chi connectivity index (χ3n) is 2.26. The summed E-state index contributed by atoms with van der Waals surface area (Å²) in [6.07, 6.45) is 4.61. The number of aldehydes is 1. The molecule has 116 valence electrons. The van der Waals surface area contributed by atoms with Gasteiger partial charge in [-0.2, -0.15) is 0 Å².